The highest BCUT2D eigenvalue weighted by atomic mass is 32.1. The third-order valence-corrected chi connectivity index (χ3v) is 4.59. The number of aryl methyl sites for hydroxylation is 1. The molecule has 114 valence electrons. The van der Waals surface area contributed by atoms with Crippen molar-refractivity contribution in [3.63, 3.8) is 0 Å². The van der Waals surface area contributed by atoms with Crippen molar-refractivity contribution < 1.29 is 4.79 Å². The highest BCUT2D eigenvalue weighted by molar-refractivity contribution is 7.11. The predicted octanol–water partition coefficient (Wildman–Crippen LogP) is 3.27. The molecule has 1 amide bonds. The summed E-state index contributed by atoms with van der Waals surface area (Å²) in [5.74, 6) is 0.105. The number of nitrogens with one attached hydrogen (secondary N) is 2. The van der Waals surface area contributed by atoms with Crippen molar-refractivity contribution in [2.24, 2.45) is 0 Å². The molecule has 0 spiro atoms. The maximum Gasteiger partial charge on any atom is 0.237 e. The quantitative estimate of drug-likeness (QED) is 0.773. The van der Waals surface area contributed by atoms with Gasteiger partial charge in [-0.2, -0.15) is 0 Å². The first-order valence-electron chi connectivity index (χ1n) is 7.57. The van der Waals surface area contributed by atoms with Gasteiger partial charge in [-0.25, -0.2) is 0 Å². The van der Waals surface area contributed by atoms with Crippen LogP contribution in [-0.2, 0) is 11.2 Å². The molecule has 2 unspecified atom stereocenters. The van der Waals surface area contributed by atoms with E-state index < -0.39 is 0 Å². The van der Waals surface area contributed by atoms with Gasteiger partial charge in [0.2, 0.25) is 5.91 Å². The second kappa shape index (κ2) is 8.42. The van der Waals surface area contributed by atoms with Gasteiger partial charge in [0.05, 0.1) is 6.04 Å². The number of rotatable bonds is 8. The number of amides is 1. The van der Waals surface area contributed by atoms with E-state index in [1.54, 1.807) is 0 Å². The molecular weight excluding hydrogens is 268 g/mol. The molecular formula is C16H28N2OS. The first kappa shape index (κ1) is 17.2. The number of hydrogen-bond acceptors (Lipinski definition) is 3. The topological polar surface area (TPSA) is 41.1 Å². The van der Waals surface area contributed by atoms with Crippen molar-refractivity contribution in [1.82, 2.24) is 10.6 Å². The molecule has 1 aromatic rings. The zero-order valence-corrected chi connectivity index (χ0v) is 14.1. The monoisotopic (exact) mass is 296 g/mol. The second-order valence-electron chi connectivity index (χ2n) is 5.53. The van der Waals surface area contributed by atoms with Crippen LogP contribution in [0.2, 0.25) is 0 Å². The van der Waals surface area contributed by atoms with E-state index in [1.165, 1.54) is 9.75 Å². The summed E-state index contributed by atoms with van der Waals surface area (Å²) in [7, 11) is 0. The summed E-state index contributed by atoms with van der Waals surface area (Å²) in [5, 5.41) is 6.48. The Bertz CT molecular complexity index is 412. The van der Waals surface area contributed by atoms with E-state index in [2.05, 4.69) is 50.5 Å². The minimum absolute atomic E-state index is 0.105. The number of hydrogen-bond donors (Lipinski definition) is 2. The third-order valence-electron chi connectivity index (χ3n) is 3.56. The molecule has 0 aliphatic rings. The van der Waals surface area contributed by atoms with Gasteiger partial charge >= 0.3 is 0 Å². The van der Waals surface area contributed by atoms with E-state index in [1.807, 2.05) is 18.3 Å². The fourth-order valence-corrected chi connectivity index (χ4v) is 3.30. The summed E-state index contributed by atoms with van der Waals surface area (Å²) in [6, 6.07) is 4.77. The molecule has 0 aliphatic heterocycles. The van der Waals surface area contributed by atoms with Gasteiger partial charge in [-0.3, -0.25) is 4.79 Å². The molecule has 0 aliphatic carbocycles. The van der Waals surface area contributed by atoms with Gasteiger partial charge in [-0.1, -0.05) is 13.8 Å². The van der Waals surface area contributed by atoms with E-state index in [0.717, 1.165) is 19.3 Å². The molecule has 0 radical (unpaired) electrons. The fourth-order valence-electron chi connectivity index (χ4n) is 2.28. The molecule has 3 nitrogen and oxygen atoms in total. The normalized spacial score (nSPS) is 14.3. The lowest BCUT2D eigenvalue weighted by molar-refractivity contribution is -0.123. The number of carbonyl (C=O) groups is 1. The first-order valence-corrected chi connectivity index (χ1v) is 8.39. The Morgan fingerprint density at radius 2 is 1.90 bits per heavy atom. The molecule has 2 N–H and O–H groups in total. The molecule has 1 aromatic heterocycles. The highest BCUT2D eigenvalue weighted by Crippen LogP contribution is 2.16. The summed E-state index contributed by atoms with van der Waals surface area (Å²) in [6.45, 7) is 10.4. The van der Waals surface area contributed by atoms with E-state index in [0.29, 0.717) is 12.1 Å². The van der Waals surface area contributed by atoms with Gasteiger partial charge in [-0.05, 0) is 52.2 Å². The molecule has 0 saturated heterocycles. The Hall–Kier alpha value is -0.870. The number of thiophene rings is 1. The zero-order valence-electron chi connectivity index (χ0n) is 13.3. The molecule has 1 rings (SSSR count). The van der Waals surface area contributed by atoms with Gasteiger partial charge in [-0.15, -0.1) is 11.3 Å². The Labute approximate surface area is 127 Å². The average Bonchev–Trinajstić information content (AvgIpc) is 2.80. The molecule has 2 atom stereocenters. The van der Waals surface area contributed by atoms with Crippen LogP contribution in [-0.4, -0.2) is 24.0 Å². The minimum Gasteiger partial charge on any atom is -0.352 e. The van der Waals surface area contributed by atoms with Crippen LogP contribution in [0.5, 0.6) is 0 Å². The zero-order chi connectivity index (χ0) is 15.1. The molecule has 0 saturated carbocycles. The molecule has 1 heterocycles. The van der Waals surface area contributed by atoms with Gasteiger partial charge in [0.1, 0.15) is 0 Å². The summed E-state index contributed by atoms with van der Waals surface area (Å²) in [6.07, 6.45) is 2.94. The van der Waals surface area contributed by atoms with Crippen molar-refractivity contribution in [3.05, 3.63) is 21.9 Å². The lowest BCUT2D eigenvalue weighted by Crippen LogP contribution is -2.48. The Balaban J connectivity index is 2.40. The van der Waals surface area contributed by atoms with Gasteiger partial charge in [0.15, 0.2) is 0 Å². The number of carbonyl (C=O) groups excluding carboxylic acids is 1. The minimum atomic E-state index is -0.147. The molecule has 20 heavy (non-hydrogen) atoms. The maximum absolute atomic E-state index is 12.1. The maximum atomic E-state index is 12.1. The summed E-state index contributed by atoms with van der Waals surface area (Å²) in [4.78, 5) is 14.8. The smallest absolute Gasteiger partial charge is 0.237 e. The lowest BCUT2D eigenvalue weighted by Gasteiger charge is -2.22. The van der Waals surface area contributed by atoms with Crippen LogP contribution in [0.1, 0.15) is 50.3 Å². The molecule has 0 bridgehead atoms. The van der Waals surface area contributed by atoms with Crippen LogP contribution in [0.25, 0.3) is 0 Å². The third kappa shape index (κ3) is 5.63. The predicted molar refractivity (Wildman–Crippen MR) is 87.3 cm³/mol. The average molecular weight is 296 g/mol. The fraction of sp³-hybridized carbons (Fsp3) is 0.688. The molecule has 0 fully saturated rings. The van der Waals surface area contributed by atoms with E-state index in [-0.39, 0.29) is 11.9 Å². The van der Waals surface area contributed by atoms with Crippen LogP contribution in [0.4, 0.5) is 0 Å². The Kier molecular flexibility index (Phi) is 7.24. The lowest BCUT2D eigenvalue weighted by atomic mass is 10.1. The van der Waals surface area contributed by atoms with Crippen molar-refractivity contribution in [2.45, 2.75) is 72.0 Å². The summed E-state index contributed by atoms with van der Waals surface area (Å²) < 4.78 is 0. The van der Waals surface area contributed by atoms with Crippen molar-refractivity contribution in [1.29, 1.82) is 0 Å². The standard InChI is InChI=1S/C16H28N2OS/c1-6-14(7-2)18-16(19)13(5)17-11(3)10-15-9-8-12(4)20-15/h8-9,11,13-14,17H,6-7,10H2,1-5H3,(H,18,19). The van der Waals surface area contributed by atoms with Gasteiger partial charge in [0.25, 0.3) is 0 Å². The van der Waals surface area contributed by atoms with E-state index in [4.69, 9.17) is 0 Å². The molecule has 4 heteroatoms. The first-order chi connectivity index (χ1) is 9.46. The van der Waals surface area contributed by atoms with Crippen LogP contribution in [0, 0.1) is 6.92 Å². The summed E-state index contributed by atoms with van der Waals surface area (Å²) >= 11 is 1.83. The summed E-state index contributed by atoms with van der Waals surface area (Å²) in [5.41, 5.74) is 0. The SMILES string of the molecule is CCC(CC)NC(=O)C(C)NC(C)Cc1ccc(C)s1. The van der Waals surface area contributed by atoms with Crippen LogP contribution < -0.4 is 10.6 Å². The van der Waals surface area contributed by atoms with Crippen LogP contribution in [0.15, 0.2) is 12.1 Å². The van der Waals surface area contributed by atoms with Crippen LogP contribution >= 0.6 is 11.3 Å². The Morgan fingerprint density at radius 1 is 1.25 bits per heavy atom. The van der Waals surface area contributed by atoms with Crippen molar-refractivity contribution in [2.75, 3.05) is 0 Å². The Morgan fingerprint density at radius 3 is 2.40 bits per heavy atom. The van der Waals surface area contributed by atoms with E-state index in [9.17, 15) is 4.79 Å². The van der Waals surface area contributed by atoms with Crippen molar-refractivity contribution >= 4 is 17.2 Å². The second-order valence-corrected chi connectivity index (χ2v) is 6.90. The van der Waals surface area contributed by atoms with Crippen molar-refractivity contribution in [3.8, 4) is 0 Å². The molecule has 0 aromatic carbocycles. The van der Waals surface area contributed by atoms with Gasteiger partial charge < -0.3 is 10.6 Å². The van der Waals surface area contributed by atoms with Crippen LogP contribution in [0.3, 0.4) is 0 Å². The van der Waals surface area contributed by atoms with E-state index >= 15 is 0 Å². The van der Waals surface area contributed by atoms with Gasteiger partial charge in [0, 0.05) is 21.8 Å². The largest absolute Gasteiger partial charge is 0.352 e. The highest BCUT2D eigenvalue weighted by Gasteiger charge is 2.17.